The molecule has 0 unspecified atom stereocenters. The average Bonchev–Trinajstić information content (AvgIpc) is 2.91. The molecule has 4 rings (SSSR count). The Morgan fingerprint density at radius 1 is 0.833 bits per heavy atom. The van der Waals surface area contributed by atoms with E-state index in [-0.39, 0.29) is 11.9 Å². The number of unbranched alkanes of at least 4 members (excludes halogenated alkanes) is 3. The molecular formula is C30H34Cl2N2O2. The molecular weight excluding hydrogens is 491 g/mol. The smallest absolute Gasteiger partial charge is 0.254 e. The molecule has 0 spiro atoms. The third kappa shape index (κ3) is 6.61. The van der Waals surface area contributed by atoms with Gasteiger partial charge < -0.3 is 9.64 Å². The standard InChI is InChI=1S/C30H34Cl2N2O2/c1-2-3-4-11-20-36-29-26(31)21-25(22-27(29)32)30(35)34-18-16-33(17-19-34)28(23-12-7-5-8-13-23)24-14-9-6-10-15-24/h5-10,12-15,21-22,28H,2-4,11,16-20H2,1H3. The Morgan fingerprint density at radius 3 is 1.92 bits per heavy atom. The van der Waals surface area contributed by atoms with E-state index >= 15 is 0 Å². The van der Waals surface area contributed by atoms with Crippen molar-refractivity contribution in [3.8, 4) is 5.75 Å². The van der Waals surface area contributed by atoms with Crippen molar-refractivity contribution < 1.29 is 9.53 Å². The van der Waals surface area contributed by atoms with Crippen LogP contribution < -0.4 is 4.74 Å². The molecule has 1 aliphatic heterocycles. The molecule has 3 aromatic rings. The summed E-state index contributed by atoms with van der Waals surface area (Å²) in [6.45, 7) is 5.58. The summed E-state index contributed by atoms with van der Waals surface area (Å²) in [6, 6.07) is 24.6. The summed E-state index contributed by atoms with van der Waals surface area (Å²) in [7, 11) is 0. The highest BCUT2D eigenvalue weighted by Crippen LogP contribution is 2.35. The van der Waals surface area contributed by atoms with Gasteiger partial charge in [0.25, 0.3) is 5.91 Å². The Labute approximate surface area is 224 Å². The summed E-state index contributed by atoms with van der Waals surface area (Å²) < 4.78 is 5.82. The highest BCUT2D eigenvalue weighted by molar-refractivity contribution is 6.37. The number of hydrogen-bond acceptors (Lipinski definition) is 3. The monoisotopic (exact) mass is 524 g/mol. The first-order valence-corrected chi connectivity index (χ1v) is 13.6. The lowest BCUT2D eigenvalue weighted by atomic mass is 9.96. The number of halogens is 2. The van der Waals surface area contributed by atoms with Crippen LogP contribution in [0.5, 0.6) is 5.75 Å². The van der Waals surface area contributed by atoms with E-state index in [1.165, 1.54) is 24.0 Å². The van der Waals surface area contributed by atoms with Gasteiger partial charge in [0, 0.05) is 31.7 Å². The number of ether oxygens (including phenoxy) is 1. The second kappa shape index (κ2) is 13.1. The number of rotatable bonds is 10. The van der Waals surface area contributed by atoms with E-state index in [0.717, 1.165) is 25.9 Å². The zero-order valence-corrected chi connectivity index (χ0v) is 22.3. The van der Waals surface area contributed by atoms with Crippen LogP contribution in [0.15, 0.2) is 72.8 Å². The van der Waals surface area contributed by atoms with Crippen molar-refractivity contribution in [2.24, 2.45) is 0 Å². The third-order valence-electron chi connectivity index (χ3n) is 6.69. The van der Waals surface area contributed by atoms with Gasteiger partial charge in [-0.25, -0.2) is 0 Å². The quantitative estimate of drug-likeness (QED) is 0.257. The van der Waals surface area contributed by atoms with Gasteiger partial charge in [-0.15, -0.1) is 0 Å². The van der Waals surface area contributed by atoms with Crippen LogP contribution in [0.2, 0.25) is 10.0 Å². The second-order valence-electron chi connectivity index (χ2n) is 9.23. The van der Waals surface area contributed by atoms with Crippen LogP contribution in [0, 0.1) is 0 Å². The van der Waals surface area contributed by atoms with Gasteiger partial charge in [-0.1, -0.05) is 110 Å². The molecule has 36 heavy (non-hydrogen) atoms. The summed E-state index contributed by atoms with van der Waals surface area (Å²) in [6.07, 6.45) is 4.43. The molecule has 0 atom stereocenters. The fraction of sp³-hybridized carbons (Fsp3) is 0.367. The molecule has 1 fully saturated rings. The number of amides is 1. The fourth-order valence-corrected chi connectivity index (χ4v) is 5.37. The SMILES string of the molecule is CCCCCCOc1c(Cl)cc(C(=O)N2CCN(C(c3ccccc3)c3ccccc3)CC2)cc1Cl. The molecule has 1 aliphatic rings. The summed E-state index contributed by atoms with van der Waals surface area (Å²) >= 11 is 12.9. The van der Waals surface area contributed by atoms with Crippen LogP contribution in [0.1, 0.15) is 60.1 Å². The van der Waals surface area contributed by atoms with Crippen molar-refractivity contribution in [3.63, 3.8) is 0 Å². The predicted octanol–water partition coefficient (Wildman–Crippen LogP) is 7.50. The van der Waals surface area contributed by atoms with Gasteiger partial charge in [0.15, 0.2) is 5.75 Å². The molecule has 1 amide bonds. The Hall–Kier alpha value is -2.53. The van der Waals surface area contributed by atoms with E-state index in [1.807, 2.05) is 17.0 Å². The molecule has 0 aliphatic carbocycles. The highest BCUT2D eigenvalue weighted by atomic mass is 35.5. The highest BCUT2D eigenvalue weighted by Gasteiger charge is 2.29. The molecule has 0 saturated carbocycles. The molecule has 0 N–H and O–H groups in total. The van der Waals surface area contributed by atoms with E-state index in [4.69, 9.17) is 27.9 Å². The van der Waals surface area contributed by atoms with Gasteiger partial charge in [-0.2, -0.15) is 0 Å². The maximum absolute atomic E-state index is 13.3. The van der Waals surface area contributed by atoms with Crippen LogP contribution in [0.3, 0.4) is 0 Å². The number of benzene rings is 3. The van der Waals surface area contributed by atoms with Gasteiger partial charge in [-0.3, -0.25) is 9.69 Å². The van der Waals surface area contributed by atoms with Crippen molar-refractivity contribution in [2.45, 2.75) is 38.6 Å². The zero-order chi connectivity index (χ0) is 25.3. The summed E-state index contributed by atoms with van der Waals surface area (Å²) in [5, 5.41) is 0.765. The van der Waals surface area contributed by atoms with Gasteiger partial charge in [0.1, 0.15) is 0 Å². The van der Waals surface area contributed by atoms with Crippen LogP contribution in [-0.2, 0) is 0 Å². The number of carbonyl (C=O) groups excluding carboxylic acids is 1. The lowest BCUT2D eigenvalue weighted by molar-refractivity contribution is 0.0597. The second-order valence-corrected chi connectivity index (χ2v) is 10.0. The molecule has 1 saturated heterocycles. The first-order valence-electron chi connectivity index (χ1n) is 12.8. The summed E-state index contributed by atoms with van der Waals surface area (Å²) in [5.74, 6) is 0.411. The van der Waals surface area contributed by atoms with Crippen molar-refractivity contribution in [2.75, 3.05) is 32.8 Å². The van der Waals surface area contributed by atoms with Crippen LogP contribution in [0.4, 0.5) is 0 Å². The number of piperazine rings is 1. The molecule has 3 aromatic carbocycles. The first kappa shape index (κ1) is 26.5. The van der Waals surface area contributed by atoms with Crippen molar-refractivity contribution in [3.05, 3.63) is 99.5 Å². The molecule has 0 radical (unpaired) electrons. The van der Waals surface area contributed by atoms with E-state index in [1.54, 1.807) is 12.1 Å². The molecule has 0 aromatic heterocycles. The van der Waals surface area contributed by atoms with Gasteiger partial charge >= 0.3 is 0 Å². The van der Waals surface area contributed by atoms with E-state index in [2.05, 4.69) is 60.4 Å². The normalized spacial score (nSPS) is 14.3. The van der Waals surface area contributed by atoms with Crippen molar-refractivity contribution in [1.29, 1.82) is 0 Å². The number of nitrogens with zero attached hydrogens (tertiary/aromatic N) is 2. The van der Waals surface area contributed by atoms with Gasteiger partial charge in [0.05, 0.1) is 22.7 Å². The van der Waals surface area contributed by atoms with E-state index in [0.29, 0.717) is 41.1 Å². The molecule has 0 bridgehead atoms. The van der Waals surface area contributed by atoms with Crippen molar-refractivity contribution in [1.82, 2.24) is 9.80 Å². The molecule has 190 valence electrons. The molecule has 6 heteroatoms. The Bertz CT molecular complexity index is 1050. The maximum atomic E-state index is 13.3. The summed E-state index contributed by atoms with van der Waals surface area (Å²) in [5.41, 5.74) is 3.01. The first-order chi connectivity index (χ1) is 17.6. The van der Waals surface area contributed by atoms with E-state index < -0.39 is 0 Å². The van der Waals surface area contributed by atoms with Gasteiger partial charge in [0.2, 0.25) is 0 Å². The lowest BCUT2D eigenvalue weighted by Gasteiger charge is -2.40. The predicted molar refractivity (Wildman–Crippen MR) is 148 cm³/mol. The lowest BCUT2D eigenvalue weighted by Crippen LogP contribution is -2.49. The summed E-state index contributed by atoms with van der Waals surface area (Å²) in [4.78, 5) is 17.6. The van der Waals surface area contributed by atoms with Crippen LogP contribution >= 0.6 is 23.2 Å². The van der Waals surface area contributed by atoms with Gasteiger partial charge in [-0.05, 0) is 29.7 Å². The Balaban J connectivity index is 1.41. The van der Waals surface area contributed by atoms with Crippen LogP contribution in [0.25, 0.3) is 0 Å². The number of hydrogen-bond donors (Lipinski definition) is 0. The minimum absolute atomic E-state index is 0.0519. The molecule has 1 heterocycles. The Kier molecular flexibility index (Phi) is 9.68. The minimum Gasteiger partial charge on any atom is -0.490 e. The number of carbonyl (C=O) groups is 1. The topological polar surface area (TPSA) is 32.8 Å². The fourth-order valence-electron chi connectivity index (χ4n) is 4.77. The minimum atomic E-state index is -0.0519. The van der Waals surface area contributed by atoms with Crippen LogP contribution in [-0.4, -0.2) is 48.5 Å². The van der Waals surface area contributed by atoms with E-state index in [9.17, 15) is 4.79 Å². The zero-order valence-electron chi connectivity index (χ0n) is 20.8. The largest absolute Gasteiger partial charge is 0.490 e. The van der Waals surface area contributed by atoms with Crippen molar-refractivity contribution >= 4 is 29.1 Å². The average molecular weight is 526 g/mol. The Morgan fingerprint density at radius 2 is 1.39 bits per heavy atom. The maximum Gasteiger partial charge on any atom is 0.254 e. The molecule has 4 nitrogen and oxygen atoms in total. The third-order valence-corrected chi connectivity index (χ3v) is 7.25.